The summed E-state index contributed by atoms with van der Waals surface area (Å²) in [7, 11) is -1.45. The topological polar surface area (TPSA) is 68.2 Å². The lowest BCUT2D eigenvalue weighted by Gasteiger charge is -2.38. The van der Waals surface area contributed by atoms with Crippen molar-refractivity contribution < 1.29 is 21.6 Å². The first-order valence-corrected chi connectivity index (χ1v) is 11.2. The molecule has 0 bridgehead atoms. The minimum absolute atomic E-state index is 0. The van der Waals surface area contributed by atoms with Gasteiger partial charge in [-0.1, -0.05) is 6.07 Å². The summed E-state index contributed by atoms with van der Waals surface area (Å²) in [5, 5.41) is 3.19. The summed E-state index contributed by atoms with van der Waals surface area (Å²) in [6.45, 7) is 3.77. The van der Waals surface area contributed by atoms with Crippen molar-refractivity contribution >= 4 is 45.6 Å². The molecule has 0 atom stereocenters. The van der Waals surface area contributed by atoms with Gasteiger partial charge < -0.3 is 15.1 Å². The van der Waals surface area contributed by atoms with Crippen molar-refractivity contribution in [1.82, 2.24) is 14.5 Å². The fraction of sp³-hybridized carbons (Fsp3) is 0.611. The molecule has 0 amide bonds. The van der Waals surface area contributed by atoms with Gasteiger partial charge in [0.15, 0.2) is 5.96 Å². The number of piperazine rings is 1. The maximum atomic E-state index is 12.9. The Balaban J connectivity index is 0.00000320. The monoisotopic (exact) mass is 561 g/mol. The fourth-order valence-corrected chi connectivity index (χ4v) is 5.15. The minimum atomic E-state index is -4.35. The molecule has 2 aliphatic heterocycles. The standard InChI is InChI=1S/C18H26F3N5O2S.HI/c1-22-17(23-6-8-26-7-3-13-29(26,27)28)25-11-9-24(10-12-25)16-5-2-4-15(14-16)18(19,20)21;/h2,4-5,14H,3,6-13H2,1H3,(H,22,23);1H. The second-order valence-electron chi connectivity index (χ2n) is 7.06. The molecule has 170 valence electrons. The Morgan fingerprint density at radius 3 is 2.43 bits per heavy atom. The number of nitrogens with one attached hydrogen (secondary N) is 1. The molecule has 0 aliphatic carbocycles. The highest BCUT2D eigenvalue weighted by atomic mass is 127. The van der Waals surface area contributed by atoms with E-state index in [1.165, 1.54) is 16.4 Å². The zero-order valence-electron chi connectivity index (χ0n) is 16.7. The van der Waals surface area contributed by atoms with Gasteiger partial charge >= 0.3 is 6.18 Å². The number of hydrogen-bond donors (Lipinski definition) is 1. The number of benzene rings is 1. The van der Waals surface area contributed by atoms with Gasteiger partial charge in [0.2, 0.25) is 10.0 Å². The summed E-state index contributed by atoms with van der Waals surface area (Å²) in [6, 6.07) is 5.37. The molecule has 30 heavy (non-hydrogen) atoms. The predicted molar refractivity (Wildman–Crippen MR) is 122 cm³/mol. The third-order valence-electron chi connectivity index (χ3n) is 5.18. The van der Waals surface area contributed by atoms with Gasteiger partial charge in [-0.15, -0.1) is 24.0 Å². The summed E-state index contributed by atoms with van der Waals surface area (Å²) in [5.74, 6) is 0.879. The molecule has 1 N–H and O–H groups in total. The third-order valence-corrected chi connectivity index (χ3v) is 7.13. The van der Waals surface area contributed by atoms with E-state index in [0.717, 1.165) is 6.07 Å². The SMILES string of the molecule is CN=C(NCCN1CCCS1(=O)=O)N1CCN(c2cccc(C(F)(F)F)c2)CC1.I. The van der Waals surface area contributed by atoms with Crippen LogP contribution in [-0.2, 0) is 16.2 Å². The van der Waals surface area contributed by atoms with Crippen LogP contribution in [0.25, 0.3) is 0 Å². The van der Waals surface area contributed by atoms with Gasteiger partial charge in [-0.25, -0.2) is 12.7 Å². The molecule has 0 spiro atoms. The second-order valence-corrected chi connectivity index (χ2v) is 9.15. The highest BCUT2D eigenvalue weighted by molar-refractivity contribution is 14.0. The molecule has 0 unspecified atom stereocenters. The van der Waals surface area contributed by atoms with Gasteiger partial charge in [0, 0.05) is 58.5 Å². The molecule has 2 heterocycles. The Bertz CT molecular complexity index is 842. The van der Waals surface area contributed by atoms with E-state index in [1.807, 2.05) is 9.80 Å². The van der Waals surface area contributed by atoms with E-state index in [-0.39, 0.29) is 29.7 Å². The van der Waals surface area contributed by atoms with Gasteiger partial charge in [-0.3, -0.25) is 4.99 Å². The summed E-state index contributed by atoms with van der Waals surface area (Å²) in [6.07, 6.45) is -3.69. The molecule has 0 radical (unpaired) electrons. The Morgan fingerprint density at radius 2 is 1.87 bits per heavy atom. The summed E-state index contributed by atoms with van der Waals surface area (Å²) in [5.41, 5.74) is -0.0894. The normalized spacial score (nSPS) is 20.2. The third kappa shape index (κ3) is 6.13. The van der Waals surface area contributed by atoms with Crippen molar-refractivity contribution in [3.63, 3.8) is 0 Å². The van der Waals surface area contributed by atoms with Crippen LogP contribution in [-0.4, -0.2) is 82.2 Å². The van der Waals surface area contributed by atoms with E-state index in [2.05, 4.69) is 10.3 Å². The largest absolute Gasteiger partial charge is 0.416 e. The number of aliphatic imine (C=N–C) groups is 1. The smallest absolute Gasteiger partial charge is 0.368 e. The van der Waals surface area contributed by atoms with Gasteiger partial charge in [-0.05, 0) is 24.6 Å². The van der Waals surface area contributed by atoms with Gasteiger partial charge in [0.1, 0.15) is 0 Å². The number of anilines is 1. The van der Waals surface area contributed by atoms with Gasteiger partial charge in [-0.2, -0.15) is 13.2 Å². The average molecular weight is 561 g/mol. The summed E-state index contributed by atoms with van der Waals surface area (Å²) < 4.78 is 64.0. The Kier molecular flexibility index (Phi) is 8.62. The van der Waals surface area contributed by atoms with E-state index in [1.54, 1.807) is 13.1 Å². The van der Waals surface area contributed by atoms with Crippen LogP contribution in [0.15, 0.2) is 29.3 Å². The molecular weight excluding hydrogens is 534 g/mol. The van der Waals surface area contributed by atoms with E-state index >= 15 is 0 Å². The van der Waals surface area contributed by atoms with Crippen molar-refractivity contribution in [2.24, 2.45) is 4.99 Å². The van der Waals surface area contributed by atoms with Crippen LogP contribution in [0.4, 0.5) is 18.9 Å². The molecule has 7 nitrogen and oxygen atoms in total. The maximum Gasteiger partial charge on any atom is 0.416 e. The molecule has 3 rings (SSSR count). The number of nitrogens with zero attached hydrogens (tertiary/aromatic N) is 4. The maximum absolute atomic E-state index is 12.9. The van der Waals surface area contributed by atoms with Crippen molar-refractivity contribution in [3.05, 3.63) is 29.8 Å². The molecule has 0 saturated carbocycles. The van der Waals surface area contributed by atoms with Crippen molar-refractivity contribution in [2.75, 3.05) is 63.5 Å². The van der Waals surface area contributed by atoms with E-state index in [4.69, 9.17) is 0 Å². The number of sulfonamides is 1. The molecular formula is C18H27F3IN5O2S. The van der Waals surface area contributed by atoms with Crippen LogP contribution < -0.4 is 10.2 Å². The second kappa shape index (κ2) is 10.4. The van der Waals surface area contributed by atoms with Crippen molar-refractivity contribution in [3.8, 4) is 0 Å². The molecule has 2 saturated heterocycles. The lowest BCUT2D eigenvalue weighted by atomic mass is 10.1. The lowest BCUT2D eigenvalue weighted by molar-refractivity contribution is -0.137. The number of rotatable bonds is 4. The summed E-state index contributed by atoms with van der Waals surface area (Å²) >= 11 is 0. The quantitative estimate of drug-likeness (QED) is 0.347. The van der Waals surface area contributed by atoms with Crippen molar-refractivity contribution in [2.45, 2.75) is 12.6 Å². The van der Waals surface area contributed by atoms with Crippen LogP contribution in [0, 0.1) is 0 Å². The zero-order chi connectivity index (χ0) is 21.1. The molecule has 0 aromatic heterocycles. The molecule has 1 aromatic rings. The molecule has 2 fully saturated rings. The van der Waals surface area contributed by atoms with Crippen LogP contribution >= 0.6 is 24.0 Å². The van der Waals surface area contributed by atoms with Crippen LogP contribution in [0.2, 0.25) is 0 Å². The Morgan fingerprint density at radius 1 is 1.17 bits per heavy atom. The molecule has 1 aromatic carbocycles. The fourth-order valence-electron chi connectivity index (χ4n) is 3.62. The lowest BCUT2D eigenvalue weighted by Crippen LogP contribution is -2.53. The Labute approximate surface area is 192 Å². The number of halogens is 4. The molecule has 2 aliphatic rings. The highest BCUT2D eigenvalue weighted by Crippen LogP contribution is 2.31. The first kappa shape index (κ1) is 25.0. The van der Waals surface area contributed by atoms with Gasteiger partial charge in [0.25, 0.3) is 0 Å². The number of alkyl halides is 3. The first-order chi connectivity index (χ1) is 13.7. The Hall–Kier alpha value is -1.28. The van der Waals surface area contributed by atoms with Crippen LogP contribution in [0.1, 0.15) is 12.0 Å². The van der Waals surface area contributed by atoms with Crippen LogP contribution in [0.5, 0.6) is 0 Å². The average Bonchev–Trinajstić information content (AvgIpc) is 3.03. The van der Waals surface area contributed by atoms with E-state index in [0.29, 0.717) is 63.9 Å². The zero-order valence-corrected chi connectivity index (χ0v) is 19.9. The highest BCUT2D eigenvalue weighted by Gasteiger charge is 2.31. The first-order valence-electron chi connectivity index (χ1n) is 9.56. The number of hydrogen-bond acceptors (Lipinski definition) is 4. The van der Waals surface area contributed by atoms with E-state index < -0.39 is 21.8 Å². The molecule has 12 heteroatoms. The van der Waals surface area contributed by atoms with Gasteiger partial charge in [0.05, 0.1) is 11.3 Å². The van der Waals surface area contributed by atoms with E-state index in [9.17, 15) is 21.6 Å². The summed E-state index contributed by atoms with van der Waals surface area (Å²) in [4.78, 5) is 8.21. The van der Waals surface area contributed by atoms with Crippen LogP contribution in [0.3, 0.4) is 0 Å². The minimum Gasteiger partial charge on any atom is -0.368 e. The van der Waals surface area contributed by atoms with Crippen molar-refractivity contribution in [1.29, 1.82) is 0 Å². The number of guanidine groups is 1. The predicted octanol–water partition coefficient (Wildman–Crippen LogP) is 2.06.